The summed E-state index contributed by atoms with van der Waals surface area (Å²) in [6, 6.07) is 1.70. The Morgan fingerprint density at radius 1 is 1.43 bits per heavy atom. The summed E-state index contributed by atoms with van der Waals surface area (Å²) in [7, 11) is 1.55. The van der Waals surface area contributed by atoms with Crippen LogP contribution in [0.5, 0.6) is 0 Å². The van der Waals surface area contributed by atoms with Crippen molar-refractivity contribution in [2.24, 2.45) is 5.41 Å². The maximum atomic E-state index is 13.0. The summed E-state index contributed by atoms with van der Waals surface area (Å²) in [5.74, 6) is -0.116. The smallest absolute Gasteiger partial charge is 0.202 e. The predicted octanol–water partition coefficient (Wildman–Crippen LogP) is 1.44. The van der Waals surface area contributed by atoms with E-state index in [0.717, 1.165) is 0 Å². The van der Waals surface area contributed by atoms with Gasteiger partial charge in [-0.15, -0.1) is 0 Å². The number of hydrogen-bond donors (Lipinski definition) is 1. The van der Waals surface area contributed by atoms with Crippen LogP contribution in [0.4, 0.5) is 0 Å². The van der Waals surface area contributed by atoms with Gasteiger partial charge >= 0.3 is 0 Å². The molecule has 5 heteroatoms. The fourth-order valence-electron chi connectivity index (χ4n) is 4.76. The normalized spacial score (nSPS) is 45.8. The summed E-state index contributed by atoms with van der Waals surface area (Å²) < 4.78 is 11.7. The van der Waals surface area contributed by atoms with Crippen LogP contribution < -0.4 is 0 Å². The van der Waals surface area contributed by atoms with E-state index in [0.29, 0.717) is 17.5 Å². The third kappa shape index (κ3) is 1.14. The maximum Gasteiger partial charge on any atom is 0.202 e. The summed E-state index contributed by atoms with van der Waals surface area (Å²) in [5.41, 5.74) is -2.66. The number of Topliss-reactive ketones (excluding diaryl/α,β-unsaturated/α-hetero) is 1. The predicted molar refractivity (Wildman–Crippen MR) is 73.9 cm³/mol. The molecule has 2 fully saturated rings. The molecule has 21 heavy (non-hydrogen) atoms. The standard InChI is InChI=1S/C16H19NO4/c1-13(2)8-15(20-4)14(3,19)10-5-6-17-7-9(10)11(18)16(15)12(13)21-16/h5-7,12,19H,8H2,1-4H3/t12-,14-,15-,16-/m0/s1. The van der Waals surface area contributed by atoms with E-state index in [1.165, 1.54) is 6.20 Å². The second-order valence-electron chi connectivity index (χ2n) is 7.25. The number of pyridine rings is 1. The van der Waals surface area contributed by atoms with Gasteiger partial charge in [0.1, 0.15) is 17.3 Å². The molecule has 1 saturated carbocycles. The maximum absolute atomic E-state index is 13.0. The number of fused-ring (bicyclic) bond motifs is 1. The SMILES string of the molecule is CO[C@]12CC(C)(C)[C@@H]3O[C@@]31C(=O)c1cnccc1[C@]2(C)O. The third-order valence-electron chi connectivity index (χ3n) is 5.69. The highest BCUT2D eigenvalue weighted by Gasteiger charge is 2.88. The van der Waals surface area contributed by atoms with E-state index in [1.807, 2.05) is 0 Å². The quantitative estimate of drug-likeness (QED) is 0.792. The molecule has 0 radical (unpaired) electrons. The molecule has 1 aromatic rings. The highest BCUT2D eigenvalue weighted by atomic mass is 16.7. The van der Waals surface area contributed by atoms with Gasteiger partial charge in [0.05, 0.1) is 0 Å². The second kappa shape index (κ2) is 3.37. The molecule has 4 atom stereocenters. The zero-order valence-corrected chi connectivity index (χ0v) is 12.6. The minimum Gasteiger partial charge on any atom is -0.382 e. The Hall–Kier alpha value is -1.30. The molecule has 2 aliphatic carbocycles. The lowest BCUT2D eigenvalue weighted by Crippen LogP contribution is -2.65. The molecular weight excluding hydrogens is 270 g/mol. The molecule has 2 heterocycles. The van der Waals surface area contributed by atoms with Crippen molar-refractivity contribution in [1.29, 1.82) is 0 Å². The van der Waals surface area contributed by atoms with Gasteiger partial charge in [0.15, 0.2) is 5.60 Å². The second-order valence-corrected chi connectivity index (χ2v) is 7.25. The topological polar surface area (TPSA) is 72.0 Å². The average Bonchev–Trinajstić information content (AvgIpc) is 3.16. The first-order chi connectivity index (χ1) is 9.74. The van der Waals surface area contributed by atoms with Gasteiger partial charge in [-0.1, -0.05) is 13.8 Å². The number of carbonyl (C=O) groups is 1. The average molecular weight is 289 g/mol. The van der Waals surface area contributed by atoms with Gasteiger partial charge in [-0.3, -0.25) is 9.78 Å². The number of rotatable bonds is 1. The minimum absolute atomic E-state index is 0.116. The Labute approximate surface area is 123 Å². The molecule has 0 amide bonds. The molecule has 112 valence electrons. The van der Waals surface area contributed by atoms with Crippen molar-refractivity contribution in [2.75, 3.05) is 7.11 Å². The van der Waals surface area contributed by atoms with E-state index in [-0.39, 0.29) is 17.3 Å². The van der Waals surface area contributed by atoms with Gasteiger partial charge in [0.25, 0.3) is 0 Å². The Morgan fingerprint density at radius 3 is 2.76 bits per heavy atom. The van der Waals surface area contributed by atoms with Gasteiger partial charge < -0.3 is 14.6 Å². The van der Waals surface area contributed by atoms with Crippen molar-refractivity contribution >= 4 is 5.78 Å². The Balaban J connectivity index is 2.05. The van der Waals surface area contributed by atoms with Crippen molar-refractivity contribution in [3.8, 4) is 0 Å². The molecule has 1 aromatic heterocycles. The molecule has 0 unspecified atom stereocenters. The molecule has 0 bridgehead atoms. The van der Waals surface area contributed by atoms with Crippen LogP contribution in [0.25, 0.3) is 0 Å². The molecule has 1 spiro atoms. The number of aliphatic hydroxyl groups is 1. The van der Waals surface area contributed by atoms with E-state index in [4.69, 9.17) is 9.47 Å². The number of nitrogens with zero attached hydrogens (tertiary/aromatic N) is 1. The number of carbonyl (C=O) groups excluding carboxylic acids is 1. The van der Waals surface area contributed by atoms with Gasteiger partial charge in [-0.25, -0.2) is 0 Å². The zero-order chi connectivity index (χ0) is 15.3. The summed E-state index contributed by atoms with van der Waals surface area (Å²) in [5, 5.41) is 11.3. The lowest BCUT2D eigenvalue weighted by Gasteiger charge is -2.50. The van der Waals surface area contributed by atoms with Crippen LogP contribution in [0.2, 0.25) is 0 Å². The summed E-state index contributed by atoms with van der Waals surface area (Å²) in [6.45, 7) is 5.82. The Kier molecular flexibility index (Phi) is 2.14. The molecule has 1 N–H and O–H groups in total. The fourth-order valence-corrected chi connectivity index (χ4v) is 4.76. The highest BCUT2D eigenvalue weighted by Crippen LogP contribution is 2.72. The van der Waals surface area contributed by atoms with Crippen molar-refractivity contribution < 1.29 is 19.4 Å². The van der Waals surface area contributed by atoms with E-state index in [2.05, 4.69) is 18.8 Å². The molecule has 5 nitrogen and oxygen atoms in total. The molecule has 3 aliphatic rings. The Morgan fingerprint density at radius 2 is 2.14 bits per heavy atom. The summed E-state index contributed by atoms with van der Waals surface area (Å²) in [4.78, 5) is 17.1. The van der Waals surface area contributed by atoms with Crippen LogP contribution in [0.15, 0.2) is 18.5 Å². The first kappa shape index (κ1) is 13.4. The van der Waals surface area contributed by atoms with Gasteiger partial charge in [0, 0.05) is 30.6 Å². The van der Waals surface area contributed by atoms with Crippen molar-refractivity contribution in [2.45, 2.75) is 50.1 Å². The highest BCUT2D eigenvalue weighted by molar-refractivity contribution is 6.09. The van der Waals surface area contributed by atoms with Gasteiger partial charge in [-0.05, 0) is 24.8 Å². The van der Waals surface area contributed by atoms with E-state index < -0.39 is 16.8 Å². The molecule has 1 aliphatic heterocycles. The van der Waals surface area contributed by atoms with E-state index >= 15 is 0 Å². The Bertz CT molecular complexity index is 668. The number of ketones is 1. The van der Waals surface area contributed by atoms with Crippen LogP contribution in [-0.4, -0.2) is 40.3 Å². The van der Waals surface area contributed by atoms with Crippen LogP contribution in [0.3, 0.4) is 0 Å². The van der Waals surface area contributed by atoms with Crippen molar-refractivity contribution in [3.63, 3.8) is 0 Å². The van der Waals surface area contributed by atoms with Crippen molar-refractivity contribution in [3.05, 3.63) is 29.6 Å². The number of hydrogen-bond acceptors (Lipinski definition) is 5. The zero-order valence-electron chi connectivity index (χ0n) is 12.6. The van der Waals surface area contributed by atoms with E-state index in [1.54, 1.807) is 26.3 Å². The van der Waals surface area contributed by atoms with Crippen LogP contribution in [0, 0.1) is 5.41 Å². The largest absolute Gasteiger partial charge is 0.382 e. The number of aromatic nitrogens is 1. The lowest BCUT2D eigenvalue weighted by atomic mass is 9.63. The molecular formula is C16H19NO4. The van der Waals surface area contributed by atoms with Gasteiger partial charge in [-0.2, -0.15) is 0 Å². The van der Waals surface area contributed by atoms with Crippen LogP contribution >= 0.6 is 0 Å². The monoisotopic (exact) mass is 289 g/mol. The fraction of sp³-hybridized carbons (Fsp3) is 0.625. The van der Waals surface area contributed by atoms with Crippen LogP contribution in [0.1, 0.15) is 43.1 Å². The summed E-state index contributed by atoms with van der Waals surface area (Å²) in [6.07, 6.45) is 3.46. The van der Waals surface area contributed by atoms with E-state index in [9.17, 15) is 9.90 Å². The van der Waals surface area contributed by atoms with Crippen molar-refractivity contribution in [1.82, 2.24) is 4.98 Å². The third-order valence-corrected chi connectivity index (χ3v) is 5.69. The van der Waals surface area contributed by atoms with Crippen LogP contribution in [-0.2, 0) is 15.1 Å². The lowest BCUT2D eigenvalue weighted by molar-refractivity contribution is -0.205. The van der Waals surface area contributed by atoms with Gasteiger partial charge in [0.2, 0.25) is 5.78 Å². The molecule has 4 rings (SSSR count). The first-order valence-corrected chi connectivity index (χ1v) is 7.19. The number of epoxide rings is 1. The number of methoxy groups -OCH3 is 1. The molecule has 0 aromatic carbocycles. The first-order valence-electron chi connectivity index (χ1n) is 7.19. The molecule has 1 saturated heterocycles. The minimum atomic E-state index is -1.31. The summed E-state index contributed by atoms with van der Waals surface area (Å²) >= 11 is 0. The number of ether oxygens (including phenoxy) is 2.